The average molecular weight is 1460 g/mol. The third kappa shape index (κ3) is 29.4. The average Bonchev–Trinajstić information content (AvgIpc) is 1.63. The van der Waals surface area contributed by atoms with Gasteiger partial charge >= 0.3 is 17.9 Å². The number of primary amides is 3. The molecule has 0 aromatic rings. The highest BCUT2D eigenvalue weighted by Crippen LogP contribution is 2.24. The molecule has 2 aliphatic heterocycles. The molecule has 0 aliphatic carbocycles. The number of aliphatic hydroxyl groups is 3. The van der Waals surface area contributed by atoms with Crippen molar-refractivity contribution in [1.82, 2.24) is 63.0 Å². The number of carboxylic acids is 3. The highest BCUT2D eigenvalue weighted by molar-refractivity contribution is 6.01. The van der Waals surface area contributed by atoms with Crippen LogP contribution < -0.4 is 87.6 Å². The molecule has 2 aliphatic rings. The Morgan fingerprint density at radius 2 is 0.863 bits per heavy atom. The molecule has 2 fully saturated rings. The molecule has 0 spiro atoms. The van der Waals surface area contributed by atoms with Gasteiger partial charge in [-0.1, -0.05) is 20.3 Å². The van der Waals surface area contributed by atoms with Crippen LogP contribution in [0.25, 0.3) is 0 Å². The molecule has 0 bridgehead atoms. The van der Waals surface area contributed by atoms with Gasteiger partial charge in [-0.25, -0.2) is 4.79 Å². The lowest BCUT2D eigenvalue weighted by Gasteiger charge is -2.34. The fourth-order valence-corrected chi connectivity index (χ4v) is 10.5. The van der Waals surface area contributed by atoms with Crippen LogP contribution in [0.5, 0.6) is 0 Å². The largest absolute Gasteiger partial charge is 0.481 e. The van der Waals surface area contributed by atoms with Crippen LogP contribution in [0.3, 0.4) is 0 Å². The zero-order valence-electron chi connectivity index (χ0n) is 56.8. The summed E-state index contributed by atoms with van der Waals surface area (Å²) in [5.41, 5.74) is 32.5. The molecule has 0 saturated carbocycles. The van der Waals surface area contributed by atoms with Crippen LogP contribution in [0, 0.1) is 5.92 Å². The molecule has 43 heteroatoms. The van der Waals surface area contributed by atoms with Gasteiger partial charge in [0.2, 0.25) is 88.6 Å². The van der Waals surface area contributed by atoms with Gasteiger partial charge in [-0.05, 0) is 84.0 Å². The Morgan fingerprint density at radius 1 is 0.461 bits per heavy atom. The van der Waals surface area contributed by atoms with E-state index in [4.69, 9.17) is 39.5 Å². The van der Waals surface area contributed by atoms with E-state index in [1.165, 1.54) is 0 Å². The normalized spacial score (nSPS) is 17.8. The number of carbonyl (C=O) groups is 18. The molecule has 0 aromatic heterocycles. The van der Waals surface area contributed by atoms with Crippen LogP contribution in [0.4, 0.5) is 0 Å². The molecule has 2 saturated heterocycles. The number of hydrogen-bond donors (Lipinski definition) is 22. The second-order valence-corrected chi connectivity index (χ2v) is 24.4. The maximum Gasteiger partial charge on any atom is 0.326 e. The lowest BCUT2D eigenvalue weighted by molar-refractivity contribution is -0.147. The number of likely N-dealkylation sites (tertiary alicyclic amines) is 2. The zero-order chi connectivity index (χ0) is 77.4. The Kier molecular flexibility index (Phi) is 37.2. The Morgan fingerprint density at radius 3 is 1.32 bits per heavy atom. The summed E-state index contributed by atoms with van der Waals surface area (Å²) in [5, 5.41) is 82.2. The second kappa shape index (κ2) is 43.3. The van der Waals surface area contributed by atoms with Crippen LogP contribution >= 0.6 is 0 Å². The first kappa shape index (κ1) is 87.7. The Hall–Kier alpha value is -10.4. The summed E-state index contributed by atoms with van der Waals surface area (Å²) in [5.74, 6) is -21.7. The van der Waals surface area contributed by atoms with Crippen LogP contribution in [-0.2, 0) is 86.3 Å². The second-order valence-electron chi connectivity index (χ2n) is 24.4. The van der Waals surface area contributed by atoms with Gasteiger partial charge in [-0.2, -0.15) is 0 Å². The van der Waals surface area contributed by atoms with Gasteiger partial charge in [0.05, 0.1) is 31.8 Å². The Balaban J connectivity index is 2.39. The predicted octanol–water partition coefficient (Wildman–Crippen LogP) is -11.2. The molecule has 2 heterocycles. The number of nitrogens with one attached hydrogen (secondary N) is 10. The fourth-order valence-electron chi connectivity index (χ4n) is 10.5. The molecule has 0 unspecified atom stereocenters. The maximum absolute atomic E-state index is 14.3. The number of amides is 15. The summed E-state index contributed by atoms with van der Waals surface area (Å²) in [6.45, 7) is 3.00. The lowest BCUT2D eigenvalue weighted by Crippen LogP contribution is -2.62. The standard InChI is InChI=1S/C59H97N19O24/c1-5-26(2)44(75-53(96)36(25-80)73-47(90)29(60)12-18-42(85)86)56(99)77-21-8-11-38(77)55(98)76-45(28(4)81)57(100)78-22-7-10-37(78)54(97)74-35(24-79)52(95)72-34(23-41(63)84)51(94)68-30(9-6-20-66-59(64)65)49(92)70-32(15-19-43(87)88)50(93)69-31(13-16-39(61)82)48(91)67-27(3)46(89)71-33(58(101)102)14-17-40(62)83/h26-38,44-45,79-81H,5-25,60H2,1-4H3,(H2,61,82)(H2,62,83)(H2,63,84)(H,67,91)(H,68,94)(H,69,93)(H,70,92)(H,71,89)(H,72,95)(H,73,90)(H,74,97)(H,75,96)(H,76,98)(H,85,86)(H,87,88)(H,101,102)(H4,64,65,66)/t26-,27-,28+,29-,30-,31-,32-,33-,34-,35-,36-,37-,38-,44-,45-/m0/s1. The first-order valence-corrected chi connectivity index (χ1v) is 32.7. The van der Waals surface area contributed by atoms with E-state index < -0.39 is 274 Å². The number of nitrogens with two attached hydrogens (primary N) is 6. The van der Waals surface area contributed by atoms with Crippen molar-refractivity contribution in [2.75, 3.05) is 32.8 Å². The number of aliphatic imine (C=N–C) groups is 1. The summed E-state index contributed by atoms with van der Waals surface area (Å²) >= 11 is 0. The molecule has 0 aromatic carbocycles. The molecule has 2 rings (SSSR count). The predicted molar refractivity (Wildman–Crippen MR) is 350 cm³/mol. The molecular formula is C59H97N19O24. The molecule has 15 amide bonds. The fraction of sp³-hybridized carbons (Fsp3) is 0.678. The topological polar surface area (TPSA) is 724 Å². The minimum atomic E-state index is -2.04. The number of carbonyl (C=O) groups excluding carboxylic acids is 15. The van der Waals surface area contributed by atoms with Crippen LogP contribution in [-0.4, -0.2) is 270 Å². The zero-order valence-corrected chi connectivity index (χ0v) is 56.8. The summed E-state index contributed by atoms with van der Waals surface area (Å²) in [4.78, 5) is 242. The monoisotopic (exact) mass is 1460 g/mol. The van der Waals surface area contributed by atoms with Gasteiger partial charge in [-0.3, -0.25) is 86.5 Å². The van der Waals surface area contributed by atoms with Gasteiger partial charge in [0.1, 0.15) is 72.5 Å². The summed E-state index contributed by atoms with van der Waals surface area (Å²) in [6, 6.07) is -21.6. The van der Waals surface area contributed by atoms with Crippen LogP contribution in [0.2, 0.25) is 0 Å². The van der Waals surface area contributed by atoms with Gasteiger partial charge in [0.15, 0.2) is 5.96 Å². The molecule has 102 heavy (non-hydrogen) atoms. The van der Waals surface area contributed by atoms with E-state index in [0.717, 1.165) is 23.6 Å². The summed E-state index contributed by atoms with van der Waals surface area (Å²) in [6.07, 6.45) is -6.99. The van der Waals surface area contributed by atoms with Crippen LogP contribution in [0.15, 0.2) is 4.99 Å². The lowest BCUT2D eigenvalue weighted by atomic mass is 9.96. The number of rotatable bonds is 46. The Labute approximate surface area is 584 Å². The molecule has 572 valence electrons. The van der Waals surface area contributed by atoms with Gasteiger partial charge in [-0.15, -0.1) is 0 Å². The van der Waals surface area contributed by atoms with Crippen molar-refractivity contribution in [3.8, 4) is 0 Å². The van der Waals surface area contributed by atoms with E-state index in [1.807, 2.05) is 0 Å². The highest BCUT2D eigenvalue weighted by atomic mass is 16.4. The molecular weight excluding hydrogens is 1360 g/mol. The minimum absolute atomic E-state index is 0.0251. The quantitative estimate of drug-likeness (QED) is 0.0153. The van der Waals surface area contributed by atoms with Crippen molar-refractivity contribution in [2.24, 2.45) is 45.3 Å². The van der Waals surface area contributed by atoms with Crippen molar-refractivity contribution in [3.63, 3.8) is 0 Å². The van der Waals surface area contributed by atoms with E-state index in [1.54, 1.807) is 13.8 Å². The molecule has 43 nitrogen and oxygen atoms in total. The third-order valence-corrected chi connectivity index (χ3v) is 16.4. The number of nitrogens with zero attached hydrogens (tertiary/aromatic N) is 3. The van der Waals surface area contributed by atoms with Crippen molar-refractivity contribution >= 4 is 112 Å². The SMILES string of the molecule is CC[C@H](C)[C@H](NC(=O)[C@H](CO)NC(=O)[C@@H](N)CCC(=O)O)C(=O)N1CCC[C@H]1C(=O)N[C@H](C(=O)N1CCC[C@H]1C(=O)N[C@@H](CO)C(=O)N[C@@H](CC(N)=O)C(=O)N[C@@H](CCCN=C(N)N)C(=O)N[C@@H](CCC(=O)O)C(=O)N[C@@H](CCC(N)=O)C(=O)N[C@@H](C)C(=O)N[C@@H](CCC(N)=O)C(=O)O)[C@@H](C)O. The van der Waals surface area contributed by atoms with E-state index in [2.05, 4.69) is 58.2 Å². The number of aliphatic carboxylic acids is 3. The first-order valence-electron chi connectivity index (χ1n) is 32.7. The van der Waals surface area contributed by atoms with Gasteiger partial charge in [0, 0.05) is 45.3 Å². The minimum Gasteiger partial charge on any atom is -0.481 e. The van der Waals surface area contributed by atoms with E-state index in [0.29, 0.717) is 6.42 Å². The van der Waals surface area contributed by atoms with E-state index in [-0.39, 0.29) is 58.2 Å². The number of hydrogen-bond acceptors (Lipinski definition) is 23. The number of aliphatic hydroxyl groups excluding tert-OH is 3. The van der Waals surface area contributed by atoms with E-state index >= 15 is 0 Å². The summed E-state index contributed by atoms with van der Waals surface area (Å²) < 4.78 is 0. The van der Waals surface area contributed by atoms with Crippen molar-refractivity contribution in [2.45, 2.75) is 215 Å². The third-order valence-electron chi connectivity index (χ3n) is 16.4. The molecule has 0 radical (unpaired) electrons. The van der Waals surface area contributed by atoms with Gasteiger partial charge in [0.25, 0.3) is 0 Å². The van der Waals surface area contributed by atoms with Crippen molar-refractivity contribution in [3.05, 3.63) is 0 Å². The number of guanidine groups is 1. The van der Waals surface area contributed by atoms with E-state index in [9.17, 15) is 112 Å². The van der Waals surface area contributed by atoms with Crippen molar-refractivity contribution in [1.29, 1.82) is 0 Å². The number of carboxylic acid groups (broad SMARTS) is 3. The Bertz CT molecular complexity index is 3080. The van der Waals surface area contributed by atoms with Crippen molar-refractivity contribution < 1.29 is 117 Å². The first-order chi connectivity index (χ1) is 47.8. The summed E-state index contributed by atoms with van der Waals surface area (Å²) in [7, 11) is 0. The molecule has 15 atom stereocenters. The smallest absolute Gasteiger partial charge is 0.326 e. The van der Waals surface area contributed by atoms with Crippen LogP contribution in [0.1, 0.15) is 130 Å². The van der Waals surface area contributed by atoms with Gasteiger partial charge < -0.3 is 128 Å². The molecule has 28 N–H and O–H groups in total. The highest BCUT2D eigenvalue weighted by Gasteiger charge is 2.45. The maximum atomic E-state index is 14.3.